The van der Waals surface area contributed by atoms with E-state index in [4.69, 9.17) is 0 Å². The van der Waals surface area contributed by atoms with Crippen LogP contribution in [0.5, 0.6) is 0 Å². The third-order valence-corrected chi connectivity index (χ3v) is 4.87. The molecule has 0 aromatic rings. The van der Waals surface area contributed by atoms with E-state index >= 15 is 0 Å². The Labute approximate surface area is 130 Å². The van der Waals surface area contributed by atoms with Crippen molar-refractivity contribution < 1.29 is 0 Å². The predicted octanol–water partition coefficient (Wildman–Crippen LogP) is 7.62. The van der Waals surface area contributed by atoms with E-state index in [0.717, 1.165) is 17.8 Å². The molecule has 0 bridgehead atoms. The van der Waals surface area contributed by atoms with Gasteiger partial charge in [-0.15, -0.1) is 0 Å². The summed E-state index contributed by atoms with van der Waals surface area (Å²) in [5, 5.41) is 0. The van der Waals surface area contributed by atoms with Gasteiger partial charge in [0.15, 0.2) is 0 Å². The standard InChI is InChI=1S/C20H42/c1-6-8-9-13-19(4)15-11-17-20(5)16-10-14-18(3)12-7-2/h18-20H,6-17H2,1-5H3. The molecule has 0 amide bonds. The van der Waals surface area contributed by atoms with Crippen molar-refractivity contribution >= 4 is 0 Å². The summed E-state index contributed by atoms with van der Waals surface area (Å²) in [6.07, 6.45) is 17.2. The lowest BCUT2D eigenvalue weighted by atomic mass is 9.91. The molecule has 0 rings (SSSR count). The Hall–Kier alpha value is 0. The normalized spacial score (nSPS) is 16.1. The van der Waals surface area contributed by atoms with E-state index in [9.17, 15) is 0 Å². The molecule has 0 aromatic carbocycles. The molecule has 3 unspecified atom stereocenters. The molecule has 0 saturated carbocycles. The first-order chi connectivity index (χ1) is 9.60. The fraction of sp³-hybridized carbons (Fsp3) is 1.00. The van der Waals surface area contributed by atoms with E-state index in [1.54, 1.807) is 0 Å². The van der Waals surface area contributed by atoms with E-state index in [1.807, 2.05) is 0 Å². The number of rotatable bonds is 14. The zero-order chi connectivity index (χ0) is 15.2. The van der Waals surface area contributed by atoms with Crippen LogP contribution < -0.4 is 0 Å². The first-order valence-electron chi connectivity index (χ1n) is 9.60. The fourth-order valence-electron chi connectivity index (χ4n) is 3.30. The van der Waals surface area contributed by atoms with E-state index in [1.165, 1.54) is 77.0 Å². The van der Waals surface area contributed by atoms with Crippen LogP contribution >= 0.6 is 0 Å². The van der Waals surface area contributed by atoms with Crippen molar-refractivity contribution in [3.8, 4) is 0 Å². The molecule has 20 heavy (non-hydrogen) atoms. The lowest BCUT2D eigenvalue weighted by Gasteiger charge is -2.15. The van der Waals surface area contributed by atoms with Crippen LogP contribution in [0, 0.1) is 17.8 Å². The molecule has 0 nitrogen and oxygen atoms in total. The zero-order valence-corrected chi connectivity index (χ0v) is 15.2. The van der Waals surface area contributed by atoms with E-state index < -0.39 is 0 Å². The van der Waals surface area contributed by atoms with Gasteiger partial charge >= 0.3 is 0 Å². The molecule has 0 fully saturated rings. The molecule has 0 aromatic heterocycles. The van der Waals surface area contributed by atoms with Crippen LogP contribution in [0.4, 0.5) is 0 Å². The Morgan fingerprint density at radius 3 is 1.25 bits per heavy atom. The van der Waals surface area contributed by atoms with Crippen LogP contribution in [0.3, 0.4) is 0 Å². The van der Waals surface area contributed by atoms with Gasteiger partial charge in [0.1, 0.15) is 0 Å². The van der Waals surface area contributed by atoms with Crippen molar-refractivity contribution in [1.82, 2.24) is 0 Å². The largest absolute Gasteiger partial charge is 0.0654 e. The molecular weight excluding hydrogens is 240 g/mol. The molecule has 0 aliphatic carbocycles. The number of unbranched alkanes of at least 4 members (excludes halogenated alkanes) is 2. The Kier molecular flexibility index (Phi) is 14.0. The van der Waals surface area contributed by atoms with Crippen LogP contribution in [-0.4, -0.2) is 0 Å². The number of hydrogen-bond donors (Lipinski definition) is 0. The van der Waals surface area contributed by atoms with Crippen LogP contribution in [0.25, 0.3) is 0 Å². The second-order valence-electron chi connectivity index (χ2n) is 7.46. The molecule has 0 saturated heterocycles. The minimum absolute atomic E-state index is 0.950. The van der Waals surface area contributed by atoms with Crippen molar-refractivity contribution in [1.29, 1.82) is 0 Å². The minimum Gasteiger partial charge on any atom is -0.0654 e. The molecule has 0 heterocycles. The van der Waals surface area contributed by atoms with Crippen molar-refractivity contribution in [2.75, 3.05) is 0 Å². The number of hydrogen-bond acceptors (Lipinski definition) is 0. The summed E-state index contributed by atoms with van der Waals surface area (Å²) in [7, 11) is 0. The Balaban J connectivity index is 3.41. The summed E-state index contributed by atoms with van der Waals surface area (Å²) in [5.41, 5.74) is 0. The smallest absolute Gasteiger partial charge is 0.0443 e. The highest BCUT2D eigenvalue weighted by Crippen LogP contribution is 2.22. The van der Waals surface area contributed by atoms with Crippen LogP contribution in [-0.2, 0) is 0 Å². The SMILES string of the molecule is CCCCCC(C)CCCC(C)CCCC(C)CCC. The van der Waals surface area contributed by atoms with Gasteiger partial charge in [-0.3, -0.25) is 0 Å². The summed E-state index contributed by atoms with van der Waals surface area (Å²) in [5.74, 6) is 2.86. The topological polar surface area (TPSA) is 0 Å². The van der Waals surface area contributed by atoms with Gasteiger partial charge in [0.25, 0.3) is 0 Å². The third kappa shape index (κ3) is 13.0. The monoisotopic (exact) mass is 282 g/mol. The quantitative estimate of drug-likeness (QED) is 0.287. The molecule has 0 heteroatoms. The third-order valence-electron chi connectivity index (χ3n) is 4.87. The van der Waals surface area contributed by atoms with Crippen molar-refractivity contribution in [3.63, 3.8) is 0 Å². The minimum atomic E-state index is 0.950. The molecular formula is C20H42. The molecule has 0 aliphatic rings. The maximum absolute atomic E-state index is 2.46. The lowest BCUT2D eigenvalue weighted by molar-refractivity contribution is 0.378. The van der Waals surface area contributed by atoms with Crippen LogP contribution in [0.1, 0.15) is 112 Å². The predicted molar refractivity (Wildman–Crippen MR) is 94.2 cm³/mol. The Bertz CT molecular complexity index is 184. The summed E-state index contributed by atoms with van der Waals surface area (Å²) >= 11 is 0. The van der Waals surface area contributed by atoms with Gasteiger partial charge in [-0.05, 0) is 17.8 Å². The average molecular weight is 283 g/mol. The summed E-state index contributed by atoms with van der Waals surface area (Å²) in [4.78, 5) is 0. The Morgan fingerprint density at radius 2 is 0.850 bits per heavy atom. The maximum atomic E-state index is 2.46. The van der Waals surface area contributed by atoms with Gasteiger partial charge in [-0.25, -0.2) is 0 Å². The van der Waals surface area contributed by atoms with E-state index in [2.05, 4.69) is 34.6 Å². The highest BCUT2D eigenvalue weighted by molar-refractivity contribution is 4.60. The molecule has 0 N–H and O–H groups in total. The fourth-order valence-corrected chi connectivity index (χ4v) is 3.30. The maximum Gasteiger partial charge on any atom is -0.0443 e. The van der Waals surface area contributed by atoms with Crippen LogP contribution in [0.2, 0.25) is 0 Å². The molecule has 0 aliphatic heterocycles. The van der Waals surface area contributed by atoms with Crippen molar-refractivity contribution in [2.45, 2.75) is 112 Å². The molecule has 3 atom stereocenters. The van der Waals surface area contributed by atoms with Crippen molar-refractivity contribution in [2.24, 2.45) is 17.8 Å². The van der Waals surface area contributed by atoms with E-state index in [-0.39, 0.29) is 0 Å². The lowest BCUT2D eigenvalue weighted by Crippen LogP contribution is -2.01. The van der Waals surface area contributed by atoms with E-state index in [0.29, 0.717) is 0 Å². The average Bonchev–Trinajstić information content (AvgIpc) is 2.39. The van der Waals surface area contributed by atoms with Gasteiger partial charge in [-0.1, -0.05) is 112 Å². The van der Waals surface area contributed by atoms with Gasteiger partial charge in [0.2, 0.25) is 0 Å². The molecule has 0 radical (unpaired) electrons. The zero-order valence-electron chi connectivity index (χ0n) is 15.2. The summed E-state index contributed by atoms with van der Waals surface area (Å²) < 4.78 is 0. The second-order valence-corrected chi connectivity index (χ2v) is 7.46. The summed E-state index contributed by atoms with van der Waals surface area (Å²) in [6, 6.07) is 0. The molecule has 0 spiro atoms. The van der Waals surface area contributed by atoms with Gasteiger partial charge in [-0.2, -0.15) is 0 Å². The van der Waals surface area contributed by atoms with Gasteiger partial charge < -0.3 is 0 Å². The van der Waals surface area contributed by atoms with Crippen molar-refractivity contribution in [3.05, 3.63) is 0 Å². The highest BCUT2D eigenvalue weighted by Gasteiger charge is 2.07. The highest BCUT2D eigenvalue weighted by atomic mass is 14.1. The second kappa shape index (κ2) is 14.0. The summed E-state index contributed by atoms with van der Waals surface area (Å²) in [6.45, 7) is 11.9. The first kappa shape index (κ1) is 20.0. The first-order valence-corrected chi connectivity index (χ1v) is 9.60. The van der Waals surface area contributed by atoms with Gasteiger partial charge in [0, 0.05) is 0 Å². The van der Waals surface area contributed by atoms with Gasteiger partial charge in [0.05, 0.1) is 0 Å². The van der Waals surface area contributed by atoms with Crippen LogP contribution in [0.15, 0.2) is 0 Å². The molecule has 122 valence electrons. The Morgan fingerprint density at radius 1 is 0.450 bits per heavy atom.